The minimum Gasteiger partial charge on any atom is -0.192 e. The van der Waals surface area contributed by atoms with Crippen LogP contribution in [0.25, 0.3) is 0 Å². The number of nitriles is 2. The van der Waals surface area contributed by atoms with Gasteiger partial charge in [0.25, 0.3) is 0 Å². The zero-order valence-corrected chi connectivity index (χ0v) is 15.0. The average Bonchev–Trinajstić information content (AvgIpc) is 2.61. The van der Waals surface area contributed by atoms with Gasteiger partial charge in [0, 0.05) is 11.1 Å². The second-order valence-corrected chi connectivity index (χ2v) is 2.92. The van der Waals surface area contributed by atoms with Crippen LogP contribution in [0.3, 0.4) is 0 Å². The fraction of sp³-hybridized carbons (Fsp3) is 0.400. The molecule has 0 N–H and O–H groups in total. The quantitative estimate of drug-likeness (QED) is 0.613. The van der Waals surface area contributed by atoms with Crippen molar-refractivity contribution in [1.82, 2.24) is 0 Å². The second-order valence-electron chi connectivity index (χ2n) is 2.92. The third-order valence-corrected chi connectivity index (χ3v) is 1.92. The number of nitrogens with zero attached hydrogens (tertiary/aromatic N) is 2. The summed E-state index contributed by atoms with van der Waals surface area (Å²) >= 11 is 0. The van der Waals surface area contributed by atoms with Crippen LogP contribution in [0.2, 0.25) is 0 Å². The highest BCUT2D eigenvalue weighted by atomic mass is 14.3. The molecule has 0 amide bonds. The lowest BCUT2D eigenvalue weighted by Gasteiger charge is -1.99. The average molecular weight is 294 g/mol. The molecule has 22 heavy (non-hydrogen) atoms. The Labute approximate surface area is 136 Å². The molecule has 0 unspecified atom stereocenters. The first kappa shape index (κ1) is 24.3. The van der Waals surface area contributed by atoms with Crippen molar-refractivity contribution >= 4 is 0 Å². The van der Waals surface area contributed by atoms with Gasteiger partial charge in [-0.3, -0.25) is 0 Å². The molecule has 0 aliphatic carbocycles. The van der Waals surface area contributed by atoms with E-state index in [2.05, 4.69) is 35.8 Å². The summed E-state index contributed by atoms with van der Waals surface area (Å²) < 4.78 is 0. The first-order chi connectivity index (χ1) is 10.8. The van der Waals surface area contributed by atoms with Gasteiger partial charge in [-0.25, -0.2) is 0 Å². The smallest absolute Gasteiger partial charge is 0.100 e. The van der Waals surface area contributed by atoms with Crippen molar-refractivity contribution in [2.75, 3.05) is 0 Å². The molecule has 0 atom stereocenters. The van der Waals surface area contributed by atoms with E-state index in [9.17, 15) is 0 Å². The molecule has 0 heterocycles. The van der Waals surface area contributed by atoms with Crippen LogP contribution in [0.4, 0.5) is 0 Å². The summed E-state index contributed by atoms with van der Waals surface area (Å²) in [5.74, 6) is 11.0. The maximum atomic E-state index is 8.95. The predicted molar refractivity (Wildman–Crippen MR) is 95.0 cm³/mol. The predicted octanol–water partition coefficient (Wildman–Crippen LogP) is 5.25. The van der Waals surface area contributed by atoms with E-state index in [1.807, 2.05) is 41.5 Å². The molecule has 1 aromatic carbocycles. The molecule has 0 saturated carbocycles. The van der Waals surface area contributed by atoms with Gasteiger partial charge in [0.05, 0.1) is 11.1 Å². The van der Waals surface area contributed by atoms with Crippen molar-refractivity contribution in [2.24, 2.45) is 0 Å². The van der Waals surface area contributed by atoms with Crippen LogP contribution in [-0.4, -0.2) is 0 Å². The van der Waals surface area contributed by atoms with Crippen molar-refractivity contribution in [2.45, 2.75) is 55.4 Å². The van der Waals surface area contributed by atoms with Gasteiger partial charge in [-0.15, -0.1) is 11.8 Å². The first-order valence-corrected chi connectivity index (χ1v) is 7.60. The zero-order valence-electron chi connectivity index (χ0n) is 15.0. The molecule has 0 aliphatic heterocycles. The van der Waals surface area contributed by atoms with Crippen LogP contribution in [0.5, 0.6) is 0 Å². The molecule has 0 bridgehead atoms. The summed E-state index contributed by atoms with van der Waals surface area (Å²) in [5.41, 5.74) is 2.05. The number of rotatable bonds is 0. The standard InChI is InChI=1S/C14H8N2.3C2H6/c1-3-5-11-7-14(10-16)12(6-4-2)8-13(11)9-15;3*1-2/h7-8H,1-2H3;3*1-2H3. The molecular weight excluding hydrogens is 268 g/mol. The van der Waals surface area contributed by atoms with Crippen LogP contribution < -0.4 is 0 Å². The van der Waals surface area contributed by atoms with Gasteiger partial charge < -0.3 is 0 Å². The van der Waals surface area contributed by atoms with E-state index < -0.39 is 0 Å². The van der Waals surface area contributed by atoms with Crippen molar-refractivity contribution in [3.8, 4) is 35.8 Å². The molecule has 116 valence electrons. The Morgan fingerprint density at radius 3 is 1.05 bits per heavy atom. The minimum atomic E-state index is 0.450. The first-order valence-electron chi connectivity index (χ1n) is 7.60. The van der Waals surface area contributed by atoms with Crippen molar-refractivity contribution in [3.05, 3.63) is 34.4 Å². The van der Waals surface area contributed by atoms with E-state index in [0.29, 0.717) is 22.3 Å². The summed E-state index contributed by atoms with van der Waals surface area (Å²) in [7, 11) is 0. The second kappa shape index (κ2) is 18.3. The van der Waals surface area contributed by atoms with E-state index in [4.69, 9.17) is 10.5 Å². The molecule has 1 aromatic rings. The van der Waals surface area contributed by atoms with Gasteiger partial charge >= 0.3 is 0 Å². The molecule has 2 nitrogen and oxygen atoms in total. The van der Waals surface area contributed by atoms with Gasteiger partial charge in [-0.1, -0.05) is 53.4 Å². The number of hydrogen-bond donors (Lipinski definition) is 0. The summed E-state index contributed by atoms with van der Waals surface area (Å²) in [6.07, 6.45) is 0. The Bertz CT molecular complexity index is 561. The van der Waals surface area contributed by atoms with E-state index in [0.717, 1.165) is 0 Å². The lowest BCUT2D eigenvalue weighted by molar-refractivity contribution is 1.42. The van der Waals surface area contributed by atoms with E-state index in [1.54, 1.807) is 26.0 Å². The maximum absolute atomic E-state index is 8.95. The molecule has 0 fully saturated rings. The Morgan fingerprint density at radius 2 is 0.864 bits per heavy atom. The summed E-state index contributed by atoms with van der Waals surface area (Å²) in [6, 6.07) is 7.31. The topological polar surface area (TPSA) is 47.6 Å². The minimum absolute atomic E-state index is 0.450. The van der Waals surface area contributed by atoms with Gasteiger partial charge in [0.2, 0.25) is 0 Å². The van der Waals surface area contributed by atoms with E-state index in [-0.39, 0.29) is 0 Å². The lowest BCUT2D eigenvalue weighted by Crippen LogP contribution is -1.91. The Hall–Kier alpha value is -2.68. The van der Waals surface area contributed by atoms with Crippen molar-refractivity contribution in [3.63, 3.8) is 0 Å². The fourth-order valence-electron chi connectivity index (χ4n) is 1.26. The maximum Gasteiger partial charge on any atom is 0.100 e. The van der Waals surface area contributed by atoms with Crippen LogP contribution in [0.1, 0.15) is 77.6 Å². The highest BCUT2D eigenvalue weighted by Gasteiger charge is 2.06. The molecule has 0 spiro atoms. The highest BCUT2D eigenvalue weighted by molar-refractivity contribution is 5.59. The Morgan fingerprint density at radius 1 is 0.591 bits per heavy atom. The van der Waals surface area contributed by atoms with Crippen LogP contribution in [-0.2, 0) is 0 Å². The third kappa shape index (κ3) is 8.48. The normalized spacial score (nSPS) is 6.27. The van der Waals surface area contributed by atoms with E-state index in [1.165, 1.54) is 0 Å². The summed E-state index contributed by atoms with van der Waals surface area (Å²) in [5, 5.41) is 17.9. The van der Waals surface area contributed by atoms with Gasteiger partial charge in [-0.2, -0.15) is 10.5 Å². The van der Waals surface area contributed by atoms with Crippen molar-refractivity contribution in [1.29, 1.82) is 10.5 Å². The Kier molecular flexibility index (Phi) is 20.3. The molecule has 0 aliphatic rings. The van der Waals surface area contributed by atoms with Crippen LogP contribution >= 0.6 is 0 Å². The Balaban J connectivity index is -0.000000535. The largest absolute Gasteiger partial charge is 0.192 e. The fourth-order valence-corrected chi connectivity index (χ4v) is 1.26. The zero-order chi connectivity index (χ0) is 18.0. The van der Waals surface area contributed by atoms with E-state index >= 15 is 0 Å². The summed E-state index contributed by atoms with van der Waals surface area (Å²) in [6.45, 7) is 15.4. The summed E-state index contributed by atoms with van der Waals surface area (Å²) in [4.78, 5) is 0. The SMILES string of the molecule is CC.CC.CC.CC#Cc1cc(C#N)c(C#CC)cc1C#N. The molecule has 1 rings (SSSR count). The third-order valence-electron chi connectivity index (χ3n) is 1.92. The van der Waals surface area contributed by atoms with Gasteiger partial charge in [0.1, 0.15) is 12.1 Å². The van der Waals surface area contributed by atoms with Crippen LogP contribution in [0.15, 0.2) is 12.1 Å². The van der Waals surface area contributed by atoms with Gasteiger partial charge in [-0.05, 0) is 26.0 Å². The van der Waals surface area contributed by atoms with Crippen LogP contribution in [0, 0.1) is 46.3 Å². The number of benzene rings is 1. The molecular formula is C20H26N2. The number of hydrogen-bond acceptors (Lipinski definition) is 2. The molecule has 2 heteroatoms. The highest BCUT2D eigenvalue weighted by Crippen LogP contribution is 2.15. The molecule has 0 aromatic heterocycles. The monoisotopic (exact) mass is 294 g/mol. The molecule has 0 radical (unpaired) electrons. The lowest BCUT2D eigenvalue weighted by atomic mass is 10.00. The van der Waals surface area contributed by atoms with Gasteiger partial charge in [0.15, 0.2) is 0 Å². The van der Waals surface area contributed by atoms with Crippen molar-refractivity contribution < 1.29 is 0 Å². The molecule has 0 saturated heterocycles.